The van der Waals surface area contributed by atoms with E-state index in [4.69, 9.17) is 4.98 Å². The van der Waals surface area contributed by atoms with E-state index in [0.717, 1.165) is 40.0 Å². The third-order valence-corrected chi connectivity index (χ3v) is 7.43. The summed E-state index contributed by atoms with van der Waals surface area (Å²) in [6, 6.07) is 31.5. The Kier molecular flexibility index (Phi) is 6.40. The van der Waals surface area contributed by atoms with Crippen molar-refractivity contribution >= 4 is 27.0 Å². The van der Waals surface area contributed by atoms with Gasteiger partial charge in [-0.3, -0.25) is 4.79 Å². The van der Waals surface area contributed by atoms with Crippen LogP contribution in [-0.4, -0.2) is 23.9 Å². The number of fused-ring (bicyclic) bond motifs is 1. The lowest BCUT2D eigenvalue weighted by Gasteiger charge is -2.11. The largest absolute Gasteiger partial charge is 0.323 e. The minimum atomic E-state index is -3.97. The van der Waals surface area contributed by atoms with Crippen molar-refractivity contribution in [1.82, 2.24) is 14.3 Å². The lowest BCUT2D eigenvalue weighted by Crippen LogP contribution is -2.30. The van der Waals surface area contributed by atoms with Gasteiger partial charge in [-0.1, -0.05) is 79.7 Å². The molecule has 0 radical (unpaired) electrons. The molecule has 5 aromatic rings. The molecule has 1 aromatic heterocycles. The summed E-state index contributed by atoms with van der Waals surface area (Å²) in [7, 11) is -3.97. The maximum atomic E-state index is 12.9. The zero-order valence-corrected chi connectivity index (χ0v) is 20.6. The van der Waals surface area contributed by atoms with Gasteiger partial charge in [0, 0.05) is 18.5 Å². The molecular weight excluding hydrogens is 470 g/mol. The molecule has 0 fully saturated rings. The topological polar surface area (TPSA) is 81.1 Å². The van der Waals surface area contributed by atoms with E-state index in [-0.39, 0.29) is 10.5 Å². The minimum absolute atomic E-state index is 0.0386. The van der Waals surface area contributed by atoms with Crippen LogP contribution in [0.5, 0.6) is 0 Å². The van der Waals surface area contributed by atoms with Crippen molar-refractivity contribution in [2.24, 2.45) is 0 Å². The molecule has 0 aliphatic rings. The molecule has 7 heteroatoms. The van der Waals surface area contributed by atoms with E-state index >= 15 is 0 Å². The van der Waals surface area contributed by atoms with Crippen LogP contribution in [-0.2, 0) is 23.0 Å². The Labute approximate surface area is 210 Å². The van der Waals surface area contributed by atoms with Crippen molar-refractivity contribution in [1.29, 1.82) is 0 Å². The molecule has 0 saturated heterocycles. The summed E-state index contributed by atoms with van der Waals surface area (Å²) in [4.78, 5) is 17.6. The van der Waals surface area contributed by atoms with Crippen molar-refractivity contribution in [2.75, 3.05) is 0 Å². The Morgan fingerprint density at radius 1 is 0.833 bits per heavy atom. The maximum Gasteiger partial charge on any atom is 0.265 e. The number of benzene rings is 4. The molecule has 4 aromatic carbocycles. The molecule has 0 saturated carbocycles. The molecule has 0 unspecified atom stereocenters. The molecule has 1 N–H and O–H groups in total. The number of hydrogen-bond donors (Lipinski definition) is 1. The van der Waals surface area contributed by atoms with E-state index in [1.54, 1.807) is 36.4 Å². The zero-order valence-electron chi connectivity index (χ0n) is 19.8. The number of imidazole rings is 1. The van der Waals surface area contributed by atoms with E-state index < -0.39 is 15.9 Å². The van der Waals surface area contributed by atoms with Gasteiger partial charge in [0.2, 0.25) is 0 Å². The average Bonchev–Trinajstić information content (AvgIpc) is 3.26. The second-order valence-corrected chi connectivity index (χ2v) is 10.2. The Bertz CT molecular complexity index is 1630. The van der Waals surface area contributed by atoms with Crippen molar-refractivity contribution in [3.63, 3.8) is 0 Å². The Morgan fingerprint density at radius 3 is 2.14 bits per heavy atom. The fourth-order valence-corrected chi connectivity index (χ4v) is 5.21. The minimum Gasteiger partial charge on any atom is -0.323 e. The molecular formula is C29H25N3O3S. The number of carbonyl (C=O) groups is 1. The van der Waals surface area contributed by atoms with E-state index in [1.807, 2.05) is 25.1 Å². The van der Waals surface area contributed by atoms with Crippen LogP contribution in [0, 0.1) is 0 Å². The van der Waals surface area contributed by atoms with Crippen LogP contribution in [0.4, 0.5) is 0 Å². The first-order chi connectivity index (χ1) is 17.4. The number of aromatic nitrogens is 2. The lowest BCUT2D eigenvalue weighted by atomic mass is 10.0. The van der Waals surface area contributed by atoms with Gasteiger partial charge in [-0.15, -0.1) is 0 Å². The standard InChI is InChI=1S/C29H25N3O3S/c1-2-28-30-26-18-17-24(29(33)31-36(34,35)25-11-7-4-8-12-25)19-27(26)32(28)20-21-13-15-23(16-14-21)22-9-5-3-6-10-22/h3-19H,2,20H2,1H3,(H,31,33). The first-order valence-electron chi connectivity index (χ1n) is 11.7. The SMILES string of the molecule is CCc1nc2ccc(C(=O)NS(=O)(=O)c3ccccc3)cc2n1Cc1ccc(-c2ccccc2)cc1. The third kappa shape index (κ3) is 4.78. The van der Waals surface area contributed by atoms with Crippen molar-refractivity contribution < 1.29 is 13.2 Å². The number of amides is 1. The van der Waals surface area contributed by atoms with Gasteiger partial charge < -0.3 is 4.57 Å². The predicted molar refractivity (Wildman–Crippen MR) is 141 cm³/mol. The molecule has 1 heterocycles. The Balaban J connectivity index is 1.44. The number of nitrogens with one attached hydrogen (secondary N) is 1. The summed E-state index contributed by atoms with van der Waals surface area (Å²) < 4.78 is 29.5. The smallest absolute Gasteiger partial charge is 0.265 e. The normalized spacial score (nSPS) is 11.5. The predicted octanol–water partition coefficient (Wildman–Crippen LogP) is 5.43. The van der Waals surface area contributed by atoms with Crippen LogP contribution < -0.4 is 4.72 Å². The molecule has 1 amide bonds. The number of rotatable bonds is 7. The summed E-state index contributed by atoms with van der Waals surface area (Å²) in [6.07, 6.45) is 0.723. The van der Waals surface area contributed by atoms with E-state index in [2.05, 4.69) is 45.7 Å². The van der Waals surface area contributed by atoms with Crippen LogP contribution in [0.2, 0.25) is 0 Å². The molecule has 0 bridgehead atoms. The highest BCUT2D eigenvalue weighted by Gasteiger charge is 2.20. The Hall–Kier alpha value is -4.23. The highest BCUT2D eigenvalue weighted by molar-refractivity contribution is 7.90. The van der Waals surface area contributed by atoms with Gasteiger partial charge >= 0.3 is 0 Å². The van der Waals surface area contributed by atoms with Crippen LogP contribution >= 0.6 is 0 Å². The summed E-state index contributed by atoms with van der Waals surface area (Å²) in [6.45, 7) is 2.62. The summed E-state index contributed by atoms with van der Waals surface area (Å²) >= 11 is 0. The van der Waals surface area contributed by atoms with Crippen LogP contribution in [0.25, 0.3) is 22.2 Å². The molecule has 36 heavy (non-hydrogen) atoms. The zero-order chi connectivity index (χ0) is 25.1. The van der Waals surface area contributed by atoms with Gasteiger partial charge in [-0.2, -0.15) is 0 Å². The van der Waals surface area contributed by atoms with E-state index in [9.17, 15) is 13.2 Å². The molecule has 0 spiro atoms. The number of sulfonamides is 1. The second-order valence-electron chi connectivity index (χ2n) is 8.48. The van der Waals surface area contributed by atoms with Crippen LogP contribution in [0.3, 0.4) is 0 Å². The van der Waals surface area contributed by atoms with Gasteiger partial charge in [-0.25, -0.2) is 18.1 Å². The van der Waals surface area contributed by atoms with Gasteiger partial charge in [0.25, 0.3) is 15.9 Å². The fraction of sp³-hybridized carbons (Fsp3) is 0.103. The highest BCUT2D eigenvalue weighted by Crippen LogP contribution is 2.23. The van der Waals surface area contributed by atoms with Crippen molar-refractivity contribution in [3.05, 3.63) is 120 Å². The second kappa shape index (κ2) is 9.79. The summed E-state index contributed by atoms with van der Waals surface area (Å²) in [5, 5.41) is 0. The first kappa shape index (κ1) is 23.5. The molecule has 0 aliphatic carbocycles. The lowest BCUT2D eigenvalue weighted by molar-refractivity contribution is 0.0981. The van der Waals surface area contributed by atoms with Gasteiger partial charge in [0.05, 0.1) is 15.9 Å². The summed E-state index contributed by atoms with van der Waals surface area (Å²) in [5.41, 5.74) is 5.20. The molecule has 6 nitrogen and oxygen atoms in total. The van der Waals surface area contributed by atoms with Gasteiger partial charge in [-0.05, 0) is 47.0 Å². The quantitative estimate of drug-likeness (QED) is 0.326. The van der Waals surface area contributed by atoms with E-state index in [1.165, 1.54) is 12.1 Å². The van der Waals surface area contributed by atoms with E-state index in [0.29, 0.717) is 6.54 Å². The number of nitrogens with zero attached hydrogens (tertiary/aromatic N) is 2. The van der Waals surface area contributed by atoms with Gasteiger partial charge in [0.15, 0.2) is 0 Å². The monoisotopic (exact) mass is 495 g/mol. The molecule has 5 rings (SSSR count). The van der Waals surface area contributed by atoms with Crippen molar-refractivity contribution in [3.8, 4) is 11.1 Å². The highest BCUT2D eigenvalue weighted by atomic mass is 32.2. The molecule has 180 valence electrons. The maximum absolute atomic E-state index is 12.9. The van der Waals surface area contributed by atoms with Crippen molar-refractivity contribution in [2.45, 2.75) is 24.8 Å². The van der Waals surface area contributed by atoms with Crippen LogP contribution in [0.1, 0.15) is 28.7 Å². The number of carbonyl (C=O) groups excluding carboxylic acids is 1. The summed E-state index contributed by atoms with van der Waals surface area (Å²) in [5.74, 6) is 0.213. The first-order valence-corrected chi connectivity index (χ1v) is 13.2. The number of aryl methyl sites for hydroxylation is 1. The van der Waals surface area contributed by atoms with Crippen LogP contribution in [0.15, 0.2) is 108 Å². The van der Waals surface area contributed by atoms with Gasteiger partial charge in [0.1, 0.15) is 5.82 Å². The molecule has 0 aliphatic heterocycles. The fourth-order valence-electron chi connectivity index (χ4n) is 4.22. The third-order valence-electron chi connectivity index (χ3n) is 6.09. The number of hydrogen-bond acceptors (Lipinski definition) is 4. The Morgan fingerprint density at radius 2 is 1.47 bits per heavy atom. The molecule has 0 atom stereocenters. The average molecular weight is 496 g/mol.